The molecule has 96 valence electrons. The molecule has 2 nitrogen and oxygen atoms in total. The van der Waals surface area contributed by atoms with Crippen molar-refractivity contribution in [2.24, 2.45) is 5.92 Å². The van der Waals surface area contributed by atoms with Gasteiger partial charge >= 0.3 is 0 Å². The van der Waals surface area contributed by atoms with Crippen molar-refractivity contribution in [2.45, 2.75) is 31.7 Å². The molecule has 18 heavy (non-hydrogen) atoms. The highest BCUT2D eigenvalue weighted by Gasteiger charge is 2.34. The van der Waals surface area contributed by atoms with Gasteiger partial charge in [-0.25, -0.2) is 4.39 Å². The first kappa shape index (κ1) is 11.8. The van der Waals surface area contributed by atoms with Crippen LogP contribution in [0.25, 0.3) is 0 Å². The molecule has 2 aliphatic carbocycles. The summed E-state index contributed by atoms with van der Waals surface area (Å²) >= 11 is 0. The Bertz CT molecular complexity index is 452. The van der Waals surface area contributed by atoms with E-state index in [0.717, 1.165) is 12.5 Å². The highest BCUT2D eigenvalue weighted by Crippen LogP contribution is 2.34. The van der Waals surface area contributed by atoms with E-state index in [4.69, 9.17) is 0 Å². The number of halogens is 1. The van der Waals surface area contributed by atoms with E-state index in [0.29, 0.717) is 12.6 Å². The van der Waals surface area contributed by atoms with Gasteiger partial charge in [-0.15, -0.1) is 0 Å². The van der Waals surface area contributed by atoms with Crippen molar-refractivity contribution in [3.63, 3.8) is 0 Å². The predicted molar refractivity (Wildman–Crippen MR) is 68.0 cm³/mol. The van der Waals surface area contributed by atoms with Gasteiger partial charge in [0.1, 0.15) is 5.82 Å². The Morgan fingerprint density at radius 3 is 2.56 bits per heavy atom. The van der Waals surface area contributed by atoms with E-state index in [2.05, 4.69) is 4.90 Å². The van der Waals surface area contributed by atoms with Gasteiger partial charge in [0.05, 0.1) is 12.1 Å². The van der Waals surface area contributed by atoms with Crippen LogP contribution in [0.15, 0.2) is 24.3 Å². The zero-order valence-corrected chi connectivity index (χ0v) is 10.4. The van der Waals surface area contributed by atoms with Crippen LogP contribution in [-0.4, -0.2) is 29.8 Å². The number of ketones is 1. The van der Waals surface area contributed by atoms with Crippen molar-refractivity contribution in [1.82, 2.24) is 4.90 Å². The number of rotatable bonds is 6. The molecular formula is C15H18FNO. The molecule has 0 N–H and O–H groups in total. The average molecular weight is 247 g/mol. The summed E-state index contributed by atoms with van der Waals surface area (Å²) in [6, 6.07) is 6.85. The van der Waals surface area contributed by atoms with Crippen LogP contribution in [0.5, 0.6) is 0 Å². The van der Waals surface area contributed by atoms with E-state index in [9.17, 15) is 9.18 Å². The zero-order valence-electron chi connectivity index (χ0n) is 10.4. The number of hydrogen-bond acceptors (Lipinski definition) is 2. The molecule has 1 aromatic rings. The van der Waals surface area contributed by atoms with Gasteiger partial charge < -0.3 is 0 Å². The first-order valence-electron chi connectivity index (χ1n) is 6.76. The second-order valence-electron chi connectivity index (χ2n) is 5.51. The van der Waals surface area contributed by atoms with E-state index in [-0.39, 0.29) is 11.3 Å². The normalized spacial score (nSPS) is 19.2. The van der Waals surface area contributed by atoms with E-state index >= 15 is 0 Å². The summed E-state index contributed by atoms with van der Waals surface area (Å²) in [6.45, 7) is 1.40. The lowest BCUT2D eigenvalue weighted by Gasteiger charge is -2.20. The molecule has 0 amide bonds. The Morgan fingerprint density at radius 2 is 1.94 bits per heavy atom. The lowest BCUT2D eigenvalue weighted by Crippen LogP contribution is -2.34. The molecule has 2 fully saturated rings. The van der Waals surface area contributed by atoms with Crippen LogP contribution in [0, 0.1) is 11.7 Å². The second kappa shape index (κ2) is 4.81. The fraction of sp³-hybridized carbons (Fsp3) is 0.533. The van der Waals surface area contributed by atoms with Crippen LogP contribution in [0.1, 0.15) is 36.0 Å². The third-order valence-corrected chi connectivity index (χ3v) is 3.77. The number of benzene rings is 1. The van der Waals surface area contributed by atoms with Crippen molar-refractivity contribution in [3.05, 3.63) is 35.6 Å². The fourth-order valence-corrected chi connectivity index (χ4v) is 2.37. The summed E-state index contributed by atoms with van der Waals surface area (Å²) < 4.78 is 13.5. The quantitative estimate of drug-likeness (QED) is 0.720. The number of nitrogens with zero attached hydrogens (tertiary/aromatic N) is 1. The molecular weight excluding hydrogens is 229 g/mol. The minimum Gasteiger partial charge on any atom is -0.293 e. The maximum absolute atomic E-state index is 13.5. The van der Waals surface area contributed by atoms with E-state index in [1.807, 2.05) is 0 Å². The van der Waals surface area contributed by atoms with Crippen LogP contribution in [0.3, 0.4) is 0 Å². The van der Waals surface area contributed by atoms with Gasteiger partial charge in [-0.2, -0.15) is 0 Å². The molecule has 0 radical (unpaired) electrons. The molecule has 0 bridgehead atoms. The van der Waals surface area contributed by atoms with E-state index in [1.165, 1.54) is 31.7 Å². The molecule has 0 atom stereocenters. The molecule has 0 spiro atoms. The number of Topliss-reactive ketones (excluding diaryl/α,β-unsaturated/α-hetero) is 1. The minimum absolute atomic E-state index is 0.0827. The summed E-state index contributed by atoms with van der Waals surface area (Å²) in [5.74, 6) is 0.296. The standard InChI is InChI=1S/C15H18FNO/c16-14-4-2-1-3-13(14)15(18)10-17(12-7-8-12)9-11-5-6-11/h1-4,11-12H,5-10H2. The van der Waals surface area contributed by atoms with Gasteiger partial charge in [0, 0.05) is 12.6 Å². The lowest BCUT2D eigenvalue weighted by atomic mass is 10.1. The Hall–Kier alpha value is -1.22. The Morgan fingerprint density at radius 1 is 1.22 bits per heavy atom. The van der Waals surface area contributed by atoms with Gasteiger partial charge in [0.15, 0.2) is 5.78 Å². The smallest absolute Gasteiger partial charge is 0.179 e. The fourth-order valence-electron chi connectivity index (χ4n) is 2.37. The zero-order chi connectivity index (χ0) is 12.5. The summed E-state index contributed by atoms with van der Waals surface area (Å²) in [5.41, 5.74) is 0.235. The van der Waals surface area contributed by atoms with Gasteiger partial charge in [0.2, 0.25) is 0 Å². The summed E-state index contributed by atoms with van der Waals surface area (Å²) in [6.07, 6.45) is 4.96. The van der Waals surface area contributed by atoms with Crippen LogP contribution < -0.4 is 0 Å². The first-order valence-corrected chi connectivity index (χ1v) is 6.76. The molecule has 2 aliphatic rings. The summed E-state index contributed by atoms with van der Waals surface area (Å²) in [5, 5.41) is 0. The van der Waals surface area contributed by atoms with Gasteiger partial charge in [-0.3, -0.25) is 9.69 Å². The topological polar surface area (TPSA) is 20.3 Å². The van der Waals surface area contributed by atoms with Crippen LogP contribution in [0.4, 0.5) is 4.39 Å². The Kier molecular flexibility index (Phi) is 3.16. The highest BCUT2D eigenvalue weighted by molar-refractivity contribution is 5.97. The molecule has 3 heteroatoms. The maximum atomic E-state index is 13.5. The summed E-state index contributed by atoms with van der Waals surface area (Å²) in [7, 11) is 0. The van der Waals surface area contributed by atoms with Crippen LogP contribution >= 0.6 is 0 Å². The molecule has 0 unspecified atom stereocenters. The second-order valence-corrected chi connectivity index (χ2v) is 5.51. The Balaban J connectivity index is 1.66. The van der Waals surface area contributed by atoms with Crippen molar-refractivity contribution in [2.75, 3.05) is 13.1 Å². The van der Waals surface area contributed by atoms with Crippen molar-refractivity contribution in [1.29, 1.82) is 0 Å². The van der Waals surface area contributed by atoms with Gasteiger partial charge in [-0.05, 0) is 43.7 Å². The summed E-state index contributed by atoms with van der Waals surface area (Å²) in [4.78, 5) is 14.4. The van der Waals surface area contributed by atoms with E-state index < -0.39 is 5.82 Å². The number of carbonyl (C=O) groups excluding carboxylic acids is 1. The lowest BCUT2D eigenvalue weighted by molar-refractivity contribution is 0.0917. The van der Waals surface area contributed by atoms with Crippen LogP contribution in [-0.2, 0) is 0 Å². The van der Waals surface area contributed by atoms with Gasteiger partial charge in [0.25, 0.3) is 0 Å². The molecule has 2 saturated carbocycles. The Labute approximate surface area is 107 Å². The third kappa shape index (κ3) is 2.78. The average Bonchev–Trinajstić information content (AvgIpc) is 3.22. The molecule has 3 rings (SSSR count). The predicted octanol–water partition coefficient (Wildman–Crippen LogP) is 2.88. The van der Waals surface area contributed by atoms with E-state index in [1.54, 1.807) is 18.2 Å². The maximum Gasteiger partial charge on any atom is 0.179 e. The third-order valence-electron chi connectivity index (χ3n) is 3.77. The van der Waals surface area contributed by atoms with Crippen LogP contribution in [0.2, 0.25) is 0 Å². The minimum atomic E-state index is -0.398. The SMILES string of the molecule is O=C(CN(CC1CC1)C1CC1)c1ccccc1F. The molecule has 1 aromatic carbocycles. The monoisotopic (exact) mass is 247 g/mol. The molecule has 0 aromatic heterocycles. The number of carbonyl (C=O) groups is 1. The molecule has 0 saturated heterocycles. The molecule has 0 aliphatic heterocycles. The van der Waals surface area contributed by atoms with Gasteiger partial charge in [-0.1, -0.05) is 12.1 Å². The van der Waals surface area contributed by atoms with Crippen molar-refractivity contribution < 1.29 is 9.18 Å². The van der Waals surface area contributed by atoms with Crippen molar-refractivity contribution >= 4 is 5.78 Å². The van der Waals surface area contributed by atoms with Crippen molar-refractivity contribution in [3.8, 4) is 0 Å². The molecule has 0 heterocycles. The first-order chi connectivity index (χ1) is 8.74. The number of hydrogen-bond donors (Lipinski definition) is 0. The largest absolute Gasteiger partial charge is 0.293 e. The highest BCUT2D eigenvalue weighted by atomic mass is 19.1.